The lowest BCUT2D eigenvalue weighted by Crippen LogP contribution is -2.22. The van der Waals surface area contributed by atoms with Gasteiger partial charge in [0.05, 0.1) is 12.3 Å². The molecular weight excluding hydrogens is 354 g/mol. The van der Waals surface area contributed by atoms with Crippen molar-refractivity contribution in [3.8, 4) is 0 Å². The third-order valence-corrected chi connectivity index (χ3v) is 7.01. The van der Waals surface area contributed by atoms with E-state index in [0.29, 0.717) is 12.6 Å². The fraction of sp³-hybridized carbons (Fsp3) is 0.619. The summed E-state index contributed by atoms with van der Waals surface area (Å²) in [5, 5.41) is 4.71. The standard InChI is InChI=1S/C21H33N3O2Si/c1-16(25)24-18(15-26-12-13-27(2,3)4)14-19-20(10-11-22-21(19)24)23-17-8-6-5-7-9-17/h10-11,14,17H,5-9,12-13,15H2,1-4H3,(H,22,23). The topological polar surface area (TPSA) is 56.1 Å². The van der Waals surface area contributed by atoms with E-state index in [4.69, 9.17) is 4.74 Å². The predicted octanol–water partition coefficient (Wildman–Crippen LogP) is 5.30. The molecule has 2 aromatic heterocycles. The lowest BCUT2D eigenvalue weighted by molar-refractivity contribution is 0.0911. The molecule has 2 aromatic rings. The van der Waals surface area contributed by atoms with Crippen LogP contribution in [0.4, 0.5) is 5.69 Å². The maximum atomic E-state index is 12.3. The van der Waals surface area contributed by atoms with Gasteiger partial charge < -0.3 is 10.1 Å². The molecule has 27 heavy (non-hydrogen) atoms. The van der Waals surface area contributed by atoms with Gasteiger partial charge in [0, 0.05) is 44.9 Å². The van der Waals surface area contributed by atoms with Crippen LogP contribution in [0.3, 0.4) is 0 Å². The Morgan fingerprint density at radius 1 is 1.30 bits per heavy atom. The van der Waals surface area contributed by atoms with Gasteiger partial charge >= 0.3 is 0 Å². The van der Waals surface area contributed by atoms with Gasteiger partial charge in [-0.3, -0.25) is 9.36 Å². The van der Waals surface area contributed by atoms with E-state index in [1.54, 1.807) is 17.7 Å². The Morgan fingerprint density at radius 2 is 2.04 bits per heavy atom. The number of hydrogen-bond acceptors (Lipinski definition) is 4. The molecule has 0 saturated heterocycles. The van der Waals surface area contributed by atoms with Crippen molar-refractivity contribution in [1.82, 2.24) is 9.55 Å². The highest BCUT2D eigenvalue weighted by atomic mass is 28.3. The Kier molecular flexibility index (Phi) is 6.37. The summed E-state index contributed by atoms with van der Waals surface area (Å²) in [6.07, 6.45) is 8.13. The number of fused-ring (bicyclic) bond motifs is 1. The number of anilines is 1. The lowest BCUT2D eigenvalue weighted by atomic mass is 9.95. The van der Waals surface area contributed by atoms with Crippen LogP contribution in [0.1, 0.15) is 49.5 Å². The fourth-order valence-corrected chi connectivity index (χ4v) is 4.51. The number of pyridine rings is 1. The van der Waals surface area contributed by atoms with Crippen LogP contribution in [0.15, 0.2) is 18.3 Å². The second-order valence-electron chi connectivity index (χ2n) is 8.93. The monoisotopic (exact) mass is 387 g/mol. The van der Waals surface area contributed by atoms with E-state index in [1.165, 1.54) is 32.1 Å². The Balaban J connectivity index is 1.81. The van der Waals surface area contributed by atoms with Crippen molar-refractivity contribution >= 4 is 30.7 Å². The Morgan fingerprint density at radius 3 is 2.70 bits per heavy atom. The molecule has 0 aliphatic heterocycles. The molecule has 0 bridgehead atoms. The van der Waals surface area contributed by atoms with Crippen LogP contribution >= 0.6 is 0 Å². The van der Waals surface area contributed by atoms with Crippen molar-refractivity contribution in [1.29, 1.82) is 0 Å². The summed E-state index contributed by atoms with van der Waals surface area (Å²) in [6.45, 7) is 9.81. The molecule has 1 aliphatic carbocycles. The van der Waals surface area contributed by atoms with Crippen molar-refractivity contribution < 1.29 is 9.53 Å². The summed E-state index contributed by atoms with van der Waals surface area (Å²) < 4.78 is 7.62. The molecule has 0 unspecified atom stereocenters. The zero-order valence-electron chi connectivity index (χ0n) is 17.2. The van der Waals surface area contributed by atoms with Gasteiger partial charge in [-0.25, -0.2) is 4.98 Å². The average molecular weight is 388 g/mol. The molecule has 0 aromatic carbocycles. The second kappa shape index (κ2) is 8.57. The molecule has 0 radical (unpaired) electrons. The van der Waals surface area contributed by atoms with E-state index in [9.17, 15) is 4.79 Å². The van der Waals surface area contributed by atoms with Crippen LogP contribution in [0.2, 0.25) is 25.7 Å². The fourth-order valence-electron chi connectivity index (χ4n) is 3.76. The molecule has 0 amide bonds. The molecule has 0 spiro atoms. The number of hydrogen-bond donors (Lipinski definition) is 1. The van der Waals surface area contributed by atoms with Crippen molar-refractivity contribution in [2.45, 2.75) is 77.4 Å². The van der Waals surface area contributed by atoms with Gasteiger partial charge in [0.1, 0.15) is 5.65 Å². The van der Waals surface area contributed by atoms with Gasteiger partial charge in [0.15, 0.2) is 0 Å². The van der Waals surface area contributed by atoms with E-state index in [0.717, 1.165) is 35.1 Å². The first-order valence-corrected chi connectivity index (χ1v) is 13.9. The SMILES string of the molecule is CC(=O)n1c(COCC[Si](C)(C)C)cc2c(NC3CCCCC3)ccnc21. The third-order valence-electron chi connectivity index (χ3n) is 5.31. The number of aromatic nitrogens is 2. The summed E-state index contributed by atoms with van der Waals surface area (Å²) in [7, 11) is -1.12. The zero-order chi connectivity index (χ0) is 19.4. The highest BCUT2D eigenvalue weighted by Crippen LogP contribution is 2.29. The molecule has 5 nitrogen and oxygen atoms in total. The number of nitrogens with zero attached hydrogens (tertiary/aromatic N) is 2. The quantitative estimate of drug-likeness (QED) is 0.518. The highest BCUT2D eigenvalue weighted by molar-refractivity contribution is 6.76. The molecule has 0 atom stereocenters. The molecule has 6 heteroatoms. The highest BCUT2D eigenvalue weighted by Gasteiger charge is 2.19. The van der Waals surface area contributed by atoms with Crippen LogP contribution in [-0.4, -0.2) is 36.2 Å². The van der Waals surface area contributed by atoms with Crippen LogP contribution in [-0.2, 0) is 11.3 Å². The molecular formula is C21H33N3O2Si. The second-order valence-corrected chi connectivity index (χ2v) is 14.5. The first-order valence-electron chi connectivity index (χ1n) is 10.2. The summed E-state index contributed by atoms with van der Waals surface area (Å²) in [5.41, 5.74) is 2.70. The number of carbonyl (C=O) groups excluding carboxylic acids is 1. The Hall–Kier alpha value is -1.66. The Labute approximate surface area is 163 Å². The minimum Gasteiger partial charge on any atom is -0.382 e. The molecule has 3 rings (SSSR count). The van der Waals surface area contributed by atoms with E-state index in [1.807, 2.05) is 6.07 Å². The summed E-state index contributed by atoms with van der Waals surface area (Å²) in [6, 6.07) is 5.74. The maximum absolute atomic E-state index is 12.3. The first-order chi connectivity index (χ1) is 12.8. The Bertz CT molecular complexity index is 789. The van der Waals surface area contributed by atoms with Crippen LogP contribution in [0.25, 0.3) is 11.0 Å². The maximum Gasteiger partial charge on any atom is 0.229 e. The predicted molar refractivity (Wildman–Crippen MR) is 114 cm³/mol. The van der Waals surface area contributed by atoms with Crippen molar-refractivity contribution in [3.63, 3.8) is 0 Å². The van der Waals surface area contributed by atoms with Crippen molar-refractivity contribution in [3.05, 3.63) is 24.0 Å². The smallest absolute Gasteiger partial charge is 0.229 e. The van der Waals surface area contributed by atoms with E-state index in [-0.39, 0.29) is 5.91 Å². The normalized spacial score (nSPS) is 16.0. The van der Waals surface area contributed by atoms with Gasteiger partial charge in [0.2, 0.25) is 5.91 Å². The summed E-state index contributed by atoms with van der Waals surface area (Å²) >= 11 is 0. The van der Waals surface area contributed by atoms with Crippen LogP contribution in [0, 0.1) is 0 Å². The van der Waals surface area contributed by atoms with Crippen molar-refractivity contribution in [2.24, 2.45) is 0 Å². The molecule has 1 fully saturated rings. The van der Waals surface area contributed by atoms with Gasteiger partial charge in [-0.2, -0.15) is 0 Å². The van der Waals surface area contributed by atoms with Crippen molar-refractivity contribution in [2.75, 3.05) is 11.9 Å². The van der Waals surface area contributed by atoms with Crippen LogP contribution < -0.4 is 5.32 Å². The first kappa shape index (κ1) is 20.1. The van der Waals surface area contributed by atoms with E-state index >= 15 is 0 Å². The van der Waals surface area contributed by atoms with E-state index < -0.39 is 8.07 Å². The summed E-state index contributed by atoms with van der Waals surface area (Å²) in [4.78, 5) is 16.8. The minimum absolute atomic E-state index is 0.0175. The molecule has 148 valence electrons. The largest absolute Gasteiger partial charge is 0.382 e. The molecule has 2 heterocycles. The third kappa shape index (κ3) is 5.20. The molecule has 1 aliphatic rings. The minimum atomic E-state index is -1.12. The molecule has 1 saturated carbocycles. The number of ether oxygens (including phenoxy) is 1. The van der Waals surface area contributed by atoms with Gasteiger partial charge in [-0.05, 0) is 31.0 Å². The summed E-state index contributed by atoms with van der Waals surface area (Å²) in [5.74, 6) is -0.0175. The molecule has 1 N–H and O–H groups in total. The van der Waals surface area contributed by atoms with Gasteiger partial charge in [-0.1, -0.05) is 38.9 Å². The number of nitrogens with one attached hydrogen (secondary N) is 1. The number of rotatable bonds is 7. The number of carbonyl (C=O) groups is 1. The van der Waals surface area contributed by atoms with Gasteiger partial charge in [0.25, 0.3) is 0 Å². The zero-order valence-corrected chi connectivity index (χ0v) is 18.2. The average Bonchev–Trinajstić information content (AvgIpc) is 2.98. The lowest BCUT2D eigenvalue weighted by Gasteiger charge is -2.24. The van der Waals surface area contributed by atoms with Gasteiger partial charge in [-0.15, -0.1) is 0 Å². The van der Waals surface area contributed by atoms with Crippen LogP contribution in [0.5, 0.6) is 0 Å². The van der Waals surface area contributed by atoms with E-state index in [2.05, 4.69) is 36.0 Å².